The van der Waals surface area contributed by atoms with Gasteiger partial charge in [0.25, 0.3) is 5.91 Å². The van der Waals surface area contributed by atoms with Crippen LogP contribution in [0.25, 0.3) is 0 Å². The fourth-order valence-corrected chi connectivity index (χ4v) is 2.23. The van der Waals surface area contributed by atoms with Gasteiger partial charge in [-0.15, -0.1) is 13.2 Å². The van der Waals surface area contributed by atoms with Crippen molar-refractivity contribution in [1.29, 1.82) is 0 Å². The summed E-state index contributed by atoms with van der Waals surface area (Å²) in [5, 5.41) is 2.69. The van der Waals surface area contributed by atoms with E-state index in [9.17, 15) is 18.0 Å². The molecule has 1 aromatic carbocycles. The van der Waals surface area contributed by atoms with Crippen LogP contribution in [-0.2, 0) is 13.2 Å². The number of ether oxygens (including phenoxy) is 2. The number of hydrogen-bond donors (Lipinski definition) is 1. The van der Waals surface area contributed by atoms with Crippen molar-refractivity contribution < 1.29 is 31.9 Å². The molecule has 0 saturated carbocycles. The van der Waals surface area contributed by atoms with Gasteiger partial charge in [-0.05, 0) is 48.5 Å². The van der Waals surface area contributed by atoms with Crippen molar-refractivity contribution in [1.82, 2.24) is 10.3 Å². The molecule has 0 aliphatic heterocycles. The Balaban J connectivity index is 1.49. The van der Waals surface area contributed by atoms with E-state index in [4.69, 9.17) is 9.15 Å². The molecule has 28 heavy (non-hydrogen) atoms. The van der Waals surface area contributed by atoms with Gasteiger partial charge in [-0.3, -0.25) is 9.78 Å². The number of hydrogen-bond acceptors (Lipinski definition) is 5. The van der Waals surface area contributed by atoms with Crippen LogP contribution in [0.1, 0.15) is 22.0 Å². The zero-order valence-corrected chi connectivity index (χ0v) is 14.4. The Bertz CT molecular complexity index is 909. The third-order valence-corrected chi connectivity index (χ3v) is 3.48. The third-order valence-electron chi connectivity index (χ3n) is 3.48. The molecule has 9 heteroatoms. The lowest BCUT2D eigenvalue weighted by Gasteiger charge is -2.09. The van der Waals surface area contributed by atoms with Crippen molar-refractivity contribution in [3.05, 3.63) is 78.0 Å². The van der Waals surface area contributed by atoms with Gasteiger partial charge in [0.15, 0.2) is 5.76 Å². The van der Waals surface area contributed by atoms with Crippen molar-refractivity contribution in [2.24, 2.45) is 0 Å². The zero-order valence-electron chi connectivity index (χ0n) is 14.4. The topological polar surface area (TPSA) is 73.6 Å². The molecular formula is C19H15F3N2O4. The second-order valence-corrected chi connectivity index (χ2v) is 5.58. The number of nitrogens with zero attached hydrogens (tertiary/aromatic N) is 1. The number of halogens is 3. The number of carbonyl (C=O) groups excluding carboxylic acids is 1. The number of nitrogens with one attached hydrogen (secondary N) is 1. The molecule has 0 aliphatic carbocycles. The summed E-state index contributed by atoms with van der Waals surface area (Å²) in [7, 11) is 0. The summed E-state index contributed by atoms with van der Waals surface area (Å²) in [6.07, 6.45) is -3.12. The van der Waals surface area contributed by atoms with Crippen LogP contribution in [0.4, 0.5) is 13.2 Å². The monoisotopic (exact) mass is 392 g/mol. The molecule has 2 aromatic heterocycles. The average Bonchev–Trinajstić information content (AvgIpc) is 3.14. The normalized spacial score (nSPS) is 11.1. The van der Waals surface area contributed by atoms with Crippen molar-refractivity contribution >= 4 is 5.91 Å². The maximum atomic E-state index is 12.1. The molecule has 1 amide bonds. The molecule has 0 fully saturated rings. The summed E-state index contributed by atoms with van der Waals surface area (Å²) >= 11 is 0. The minimum absolute atomic E-state index is 0.00694. The average molecular weight is 392 g/mol. The molecule has 1 N–H and O–H groups in total. The van der Waals surface area contributed by atoms with Gasteiger partial charge in [-0.25, -0.2) is 0 Å². The fraction of sp³-hybridized carbons (Fsp3) is 0.158. The van der Waals surface area contributed by atoms with Crippen molar-refractivity contribution in [2.45, 2.75) is 19.5 Å². The van der Waals surface area contributed by atoms with Gasteiger partial charge in [-0.1, -0.05) is 6.07 Å². The molecule has 0 atom stereocenters. The van der Waals surface area contributed by atoms with E-state index in [2.05, 4.69) is 15.0 Å². The van der Waals surface area contributed by atoms with Crippen LogP contribution < -0.4 is 14.8 Å². The number of rotatable bonds is 7. The maximum Gasteiger partial charge on any atom is 0.573 e. The zero-order chi connectivity index (χ0) is 20.0. The maximum absolute atomic E-state index is 12.1. The van der Waals surface area contributed by atoms with Crippen LogP contribution in [0.5, 0.6) is 11.5 Å². The molecule has 146 valence electrons. The van der Waals surface area contributed by atoms with Crippen LogP contribution in [0.3, 0.4) is 0 Å². The molecular weight excluding hydrogens is 377 g/mol. The smallest absolute Gasteiger partial charge is 0.486 e. The number of carbonyl (C=O) groups is 1. The minimum Gasteiger partial charge on any atom is -0.486 e. The first-order valence-corrected chi connectivity index (χ1v) is 8.14. The first kappa shape index (κ1) is 19.3. The van der Waals surface area contributed by atoms with E-state index in [0.29, 0.717) is 17.2 Å². The van der Waals surface area contributed by atoms with Crippen LogP contribution in [0.15, 0.2) is 65.2 Å². The highest BCUT2D eigenvalue weighted by Gasteiger charge is 2.30. The second kappa shape index (κ2) is 8.47. The highest BCUT2D eigenvalue weighted by molar-refractivity contribution is 5.91. The van der Waals surface area contributed by atoms with E-state index < -0.39 is 12.3 Å². The van der Waals surface area contributed by atoms with Gasteiger partial charge in [0.2, 0.25) is 0 Å². The van der Waals surface area contributed by atoms with Gasteiger partial charge in [0.05, 0.1) is 12.2 Å². The van der Waals surface area contributed by atoms with Gasteiger partial charge in [-0.2, -0.15) is 0 Å². The third kappa shape index (κ3) is 5.76. The Hall–Kier alpha value is -3.49. The van der Waals surface area contributed by atoms with Crippen LogP contribution in [0, 0.1) is 0 Å². The van der Waals surface area contributed by atoms with Crippen molar-refractivity contribution in [2.75, 3.05) is 0 Å². The summed E-state index contributed by atoms with van der Waals surface area (Å²) in [6.45, 7) is 0.269. The largest absolute Gasteiger partial charge is 0.573 e. The molecule has 3 aromatic rings. The van der Waals surface area contributed by atoms with E-state index in [0.717, 1.165) is 12.1 Å². The second-order valence-electron chi connectivity index (χ2n) is 5.58. The van der Waals surface area contributed by atoms with Crippen LogP contribution in [0.2, 0.25) is 0 Å². The summed E-state index contributed by atoms with van der Waals surface area (Å²) in [5.74, 6) is 0.0874. The standard InChI is InChI=1S/C19H15F3N2O4/c20-19(21,22)28-15-6-4-14(5-7-15)26-12-16-8-9-17(27-16)18(25)24-11-13-3-1-2-10-23-13/h1-10H,11-12H2,(H,24,25). The van der Waals surface area contributed by atoms with Crippen LogP contribution >= 0.6 is 0 Å². The minimum atomic E-state index is -4.75. The summed E-state index contributed by atoms with van der Waals surface area (Å²) in [5.41, 5.74) is 0.712. The molecule has 0 radical (unpaired) electrons. The Kier molecular flexibility index (Phi) is 5.83. The number of pyridine rings is 1. The van der Waals surface area contributed by atoms with Crippen molar-refractivity contribution in [3.63, 3.8) is 0 Å². The highest BCUT2D eigenvalue weighted by atomic mass is 19.4. The van der Waals surface area contributed by atoms with Gasteiger partial charge in [0, 0.05) is 6.20 Å². The highest BCUT2D eigenvalue weighted by Crippen LogP contribution is 2.25. The first-order valence-electron chi connectivity index (χ1n) is 8.14. The summed E-state index contributed by atoms with van der Waals surface area (Å²) < 4.78 is 51.0. The van der Waals surface area contributed by atoms with Gasteiger partial charge in [0.1, 0.15) is 23.9 Å². The fourth-order valence-electron chi connectivity index (χ4n) is 2.23. The Labute approximate surface area is 157 Å². The molecule has 0 aliphatic rings. The Morgan fingerprint density at radius 1 is 1.04 bits per heavy atom. The van der Waals surface area contributed by atoms with E-state index in [1.807, 2.05) is 6.07 Å². The molecule has 6 nitrogen and oxygen atoms in total. The van der Waals surface area contributed by atoms with E-state index in [1.165, 1.54) is 18.2 Å². The number of alkyl halides is 3. The molecule has 0 bridgehead atoms. The number of furan rings is 1. The first-order chi connectivity index (χ1) is 13.4. The Morgan fingerprint density at radius 2 is 1.79 bits per heavy atom. The Morgan fingerprint density at radius 3 is 2.46 bits per heavy atom. The number of amides is 1. The van der Waals surface area contributed by atoms with Crippen molar-refractivity contribution in [3.8, 4) is 11.5 Å². The number of aromatic nitrogens is 1. The molecule has 0 saturated heterocycles. The lowest BCUT2D eigenvalue weighted by atomic mass is 10.3. The van der Waals surface area contributed by atoms with Crippen LogP contribution in [-0.4, -0.2) is 17.3 Å². The molecule has 0 unspecified atom stereocenters. The molecule has 2 heterocycles. The predicted octanol–water partition coefficient (Wildman–Crippen LogP) is 4.08. The lowest BCUT2D eigenvalue weighted by Crippen LogP contribution is -2.22. The molecule has 0 spiro atoms. The van der Waals surface area contributed by atoms with E-state index in [-0.39, 0.29) is 24.7 Å². The van der Waals surface area contributed by atoms with Gasteiger partial charge >= 0.3 is 6.36 Å². The SMILES string of the molecule is O=C(NCc1ccccn1)c1ccc(COc2ccc(OC(F)(F)F)cc2)o1. The summed E-state index contributed by atoms with van der Waals surface area (Å²) in [6, 6.07) is 13.4. The quantitative estimate of drug-likeness (QED) is 0.656. The summed E-state index contributed by atoms with van der Waals surface area (Å²) in [4.78, 5) is 16.2. The number of benzene rings is 1. The lowest BCUT2D eigenvalue weighted by molar-refractivity contribution is -0.274. The van der Waals surface area contributed by atoms with E-state index >= 15 is 0 Å². The van der Waals surface area contributed by atoms with E-state index in [1.54, 1.807) is 24.4 Å². The van der Waals surface area contributed by atoms with Gasteiger partial charge < -0.3 is 19.2 Å². The molecule has 3 rings (SSSR count). The predicted molar refractivity (Wildman–Crippen MR) is 91.6 cm³/mol.